The maximum atomic E-state index is 12.7. The van der Waals surface area contributed by atoms with E-state index in [2.05, 4.69) is 11.6 Å². The summed E-state index contributed by atoms with van der Waals surface area (Å²) in [5.74, 6) is -2.16. The molecule has 1 heterocycles. The summed E-state index contributed by atoms with van der Waals surface area (Å²) >= 11 is 0. The smallest absolute Gasteiger partial charge is 0.846 e. The van der Waals surface area contributed by atoms with Crippen molar-refractivity contribution >= 4 is 23.8 Å². The van der Waals surface area contributed by atoms with E-state index in [9.17, 15) is 19.5 Å². The molecule has 1 rings (SSSR count). The van der Waals surface area contributed by atoms with Gasteiger partial charge in [0.1, 0.15) is 12.0 Å². The van der Waals surface area contributed by atoms with E-state index in [0.717, 1.165) is 0 Å². The average molecular weight is 332 g/mol. The van der Waals surface area contributed by atoms with Crippen molar-refractivity contribution in [1.82, 2.24) is 4.90 Å². The number of esters is 1. The fourth-order valence-electron chi connectivity index (χ4n) is 2.54. The number of ether oxygens (including phenoxy) is 1. The van der Waals surface area contributed by atoms with Crippen LogP contribution in [0.4, 0.5) is 0 Å². The first-order chi connectivity index (χ1) is 10.3. The zero-order valence-corrected chi connectivity index (χ0v) is 16.1. The first kappa shape index (κ1) is 21.8. The Balaban J connectivity index is 0.00000484. The Morgan fingerprint density at radius 3 is 2.57 bits per heavy atom. The second-order valence-corrected chi connectivity index (χ2v) is 5.57. The van der Waals surface area contributed by atoms with Crippen LogP contribution in [0.2, 0.25) is 0 Å². The summed E-state index contributed by atoms with van der Waals surface area (Å²) in [6.45, 7) is 8.50. The monoisotopic (exact) mass is 332 g/mol. The minimum absolute atomic E-state index is 0. The number of carbonyl (C=O) groups is 3. The number of hydrogen-bond donors (Lipinski definition) is 0. The summed E-state index contributed by atoms with van der Waals surface area (Å²) in [4.78, 5) is 40.6. The molecule has 1 unspecified atom stereocenters. The number of rotatable bonds is 7. The van der Waals surface area contributed by atoms with Crippen LogP contribution in [0.15, 0.2) is 17.6 Å². The SMILES string of the molecule is C=CCC1(CC(C)C)C(=O)N=C([O-])N(CC(=O)OCC)C1=O.[Na+]. The van der Waals surface area contributed by atoms with Crippen LogP contribution in [0.1, 0.15) is 33.6 Å². The van der Waals surface area contributed by atoms with E-state index in [0.29, 0.717) is 4.90 Å². The van der Waals surface area contributed by atoms with Crippen LogP contribution in [0.5, 0.6) is 0 Å². The van der Waals surface area contributed by atoms with E-state index in [-0.39, 0.29) is 54.9 Å². The van der Waals surface area contributed by atoms with Crippen molar-refractivity contribution in [3.63, 3.8) is 0 Å². The van der Waals surface area contributed by atoms with Gasteiger partial charge < -0.3 is 9.84 Å². The average Bonchev–Trinajstić information content (AvgIpc) is 2.41. The van der Waals surface area contributed by atoms with Crippen molar-refractivity contribution in [2.45, 2.75) is 33.6 Å². The van der Waals surface area contributed by atoms with E-state index in [1.807, 2.05) is 13.8 Å². The zero-order chi connectivity index (χ0) is 16.9. The van der Waals surface area contributed by atoms with E-state index in [1.165, 1.54) is 6.08 Å². The number of amidine groups is 1. The van der Waals surface area contributed by atoms with Crippen LogP contribution in [0, 0.1) is 11.3 Å². The molecule has 0 bridgehead atoms. The minimum atomic E-state index is -1.46. The van der Waals surface area contributed by atoms with Crippen LogP contribution >= 0.6 is 0 Å². The minimum Gasteiger partial charge on any atom is -0.846 e. The van der Waals surface area contributed by atoms with Crippen LogP contribution in [-0.2, 0) is 19.1 Å². The van der Waals surface area contributed by atoms with Crippen LogP contribution in [0.3, 0.4) is 0 Å². The van der Waals surface area contributed by atoms with Gasteiger partial charge in [-0.2, -0.15) is 0 Å². The summed E-state index contributed by atoms with van der Waals surface area (Å²) in [6, 6.07) is -1.02. The first-order valence-electron chi connectivity index (χ1n) is 7.17. The molecule has 8 heteroatoms. The van der Waals surface area contributed by atoms with Crippen molar-refractivity contribution in [3.05, 3.63) is 12.7 Å². The fraction of sp³-hybridized carbons (Fsp3) is 0.600. The molecular weight excluding hydrogens is 311 g/mol. The van der Waals surface area contributed by atoms with Crippen molar-refractivity contribution in [3.8, 4) is 0 Å². The normalized spacial score (nSPS) is 20.9. The molecule has 7 nitrogen and oxygen atoms in total. The molecule has 1 aliphatic rings. The van der Waals surface area contributed by atoms with Gasteiger partial charge in [0.05, 0.1) is 12.6 Å². The summed E-state index contributed by atoms with van der Waals surface area (Å²) < 4.78 is 4.75. The number of allylic oxidation sites excluding steroid dienone is 1. The Bertz CT molecular complexity index is 518. The van der Waals surface area contributed by atoms with E-state index >= 15 is 0 Å². The van der Waals surface area contributed by atoms with E-state index in [4.69, 9.17) is 4.74 Å². The van der Waals surface area contributed by atoms with E-state index < -0.39 is 35.8 Å². The Labute approximate surface area is 158 Å². The van der Waals surface area contributed by atoms with Crippen LogP contribution in [-0.4, -0.2) is 41.9 Å². The summed E-state index contributed by atoms with van der Waals surface area (Å²) in [5.41, 5.74) is -1.46. The molecule has 0 radical (unpaired) electrons. The Hall–Kier alpha value is -1.18. The molecule has 2 amide bonds. The van der Waals surface area contributed by atoms with Gasteiger partial charge in [0, 0.05) is 0 Å². The van der Waals surface area contributed by atoms with Gasteiger partial charge in [-0.05, 0) is 25.7 Å². The zero-order valence-electron chi connectivity index (χ0n) is 14.1. The Kier molecular flexibility index (Phi) is 8.73. The number of nitrogens with zero attached hydrogens (tertiary/aromatic N) is 2. The number of carbonyl (C=O) groups excluding carboxylic acids is 3. The molecule has 23 heavy (non-hydrogen) atoms. The molecule has 1 atom stereocenters. The molecule has 0 fully saturated rings. The van der Waals surface area contributed by atoms with Gasteiger partial charge in [-0.1, -0.05) is 19.9 Å². The van der Waals surface area contributed by atoms with Gasteiger partial charge >= 0.3 is 35.5 Å². The maximum Gasteiger partial charge on any atom is 1.00 e. The van der Waals surface area contributed by atoms with Gasteiger partial charge in [-0.15, -0.1) is 6.58 Å². The predicted molar refractivity (Wildman–Crippen MR) is 77.5 cm³/mol. The number of amides is 2. The van der Waals surface area contributed by atoms with Crippen LogP contribution < -0.4 is 34.7 Å². The van der Waals surface area contributed by atoms with Gasteiger partial charge in [-0.25, -0.2) is 4.99 Å². The number of hydrogen-bond acceptors (Lipinski definition) is 5. The molecule has 0 aliphatic carbocycles. The third kappa shape index (κ3) is 4.89. The van der Waals surface area contributed by atoms with Crippen molar-refractivity contribution in [2.75, 3.05) is 13.2 Å². The molecule has 122 valence electrons. The van der Waals surface area contributed by atoms with Gasteiger partial charge in [0.2, 0.25) is 5.91 Å². The van der Waals surface area contributed by atoms with Gasteiger partial charge in [0.15, 0.2) is 0 Å². The Morgan fingerprint density at radius 1 is 1.48 bits per heavy atom. The molecule has 0 aromatic carbocycles. The van der Waals surface area contributed by atoms with Crippen LogP contribution in [0.25, 0.3) is 0 Å². The van der Waals surface area contributed by atoms with E-state index in [1.54, 1.807) is 6.92 Å². The van der Waals surface area contributed by atoms with Gasteiger partial charge in [0.25, 0.3) is 5.91 Å². The Morgan fingerprint density at radius 2 is 2.09 bits per heavy atom. The molecule has 0 spiro atoms. The largest absolute Gasteiger partial charge is 1.00 e. The summed E-state index contributed by atoms with van der Waals surface area (Å²) in [6.07, 6.45) is 1.75. The standard InChI is InChI=1S/C15H22N2O5.Na/c1-5-7-15(8-10(3)4)12(19)16-14(21)17(13(15)20)9-11(18)22-6-2;/h5,10H,1,6-9H2,2-4H3,(H,16,19,21);/q;+1/p-1. The molecule has 1 aliphatic heterocycles. The third-order valence-corrected chi connectivity index (χ3v) is 3.33. The molecule has 0 aromatic rings. The molecule has 0 saturated heterocycles. The van der Waals surface area contributed by atoms with Gasteiger partial charge in [-0.3, -0.25) is 19.3 Å². The topological polar surface area (TPSA) is 99.1 Å². The number of aliphatic imine (C=N–C) groups is 1. The van der Waals surface area contributed by atoms with Crippen molar-refractivity contribution in [1.29, 1.82) is 0 Å². The van der Waals surface area contributed by atoms with Crippen molar-refractivity contribution in [2.24, 2.45) is 16.3 Å². The van der Waals surface area contributed by atoms with Crippen molar-refractivity contribution < 1.29 is 53.8 Å². The summed E-state index contributed by atoms with van der Waals surface area (Å²) in [5, 5.41) is 11.8. The predicted octanol–water partition coefficient (Wildman–Crippen LogP) is -2.75. The third-order valence-electron chi connectivity index (χ3n) is 3.33. The summed E-state index contributed by atoms with van der Waals surface area (Å²) in [7, 11) is 0. The molecule has 0 saturated carbocycles. The molecule has 0 aromatic heterocycles. The maximum absolute atomic E-state index is 12.7. The first-order valence-corrected chi connectivity index (χ1v) is 7.17. The fourth-order valence-corrected chi connectivity index (χ4v) is 2.54. The molecule has 0 N–H and O–H groups in total. The second-order valence-electron chi connectivity index (χ2n) is 5.57. The quantitative estimate of drug-likeness (QED) is 0.218. The molecular formula is C15H21N2NaO5. The second kappa shape index (κ2) is 9.20.